The Bertz CT molecular complexity index is 634. The molecule has 1 aromatic heterocycles. The Hall–Kier alpha value is -2.35. The highest BCUT2D eigenvalue weighted by Crippen LogP contribution is 2.22. The summed E-state index contributed by atoms with van der Waals surface area (Å²) in [4.78, 5) is 23.3. The van der Waals surface area contributed by atoms with Crippen molar-refractivity contribution >= 4 is 23.3 Å². The van der Waals surface area contributed by atoms with E-state index in [9.17, 15) is 14.9 Å². The highest BCUT2D eigenvalue weighted by atomic mass is 35.5. The minimum absolute atomic E-state index is 0.0171. The van der Waals surface area contributed by atoms with Gasteiger partial charge in [-0.2, -0.15) is 9.89 Å². The van der Waals surface area contributed by atoms with Gasteiger partial charge in [0.1, 0.15) is 5.02 Å². The van der Waals surface area contributed by atoms with Crippen LogP contribution in [0.2, 0.25) is 5.02 Å². The predicted octanol–water partition coefficient (Wildman–Crippen LogP) is 1.23. The van der Waals surface area contributed by atoms with Gasteiger partial charge in [0.25, 0.3) is 0 Å². The third kappa shape index (κ3) is 2.64. The van der Waals surface area contributed by atoms with E-state index >= 15 is 0 Å². The average molecular weight is 298 g/mol. The molecule has 0 saturated heterocycles. The molecule has 0 fully saturated rings. The molecular weight excluding hydrogens is 286 g/mol. The van der Waals surface area contributed by atoms with E-state index in [0.29, 0.717) is 5.69 Å². The molecule has 106 valence electrons. The lowest BCUT2D eigenvalue weighted by atomic mass is 9.98. The minimum atomic E-state index is -0.650. The lowest BCUT2D eigenvalue weighted by molar-refractivity contribution is -0.428. The number of hydrogen-bond acceptors (Lipinski definition) is 5. The maximum Gasteiger partial charge on any atom is 0.247 e. The Balaban J connectivity index is 2.10. The SMILES string of the molecule is Cc1nn(NC(=O)C2C=CC=C([N+](=O)[O-])C2)c(N)c1Cl. The lowest BCUT2D eigenvalue weighted by Gasteiger charge is -2.14. The Labute approximate surface area is 119 Å². The number of halogens is 1. The summed E-state index contributed by atoms with van der Waals surface area (Å²) in [5.41, 5.74) is 8.59. The van der Waals surface area contributed by atoms with Gasteiger partial charge in [-0.1, -0.05) is 23.8 Å². The Morgan fingerprint density at radius 1 is 1.70 bits per heavy atom. The summed E-state index contributed by atoms with van der Waals surface area (Å²) in [5, 5.41) is 14.9. The molecule has 1 amide bonds. The summed E-state index contributed by atoms with van der Waals surface area (Å²) in [6, 6.07) is 0. The quantitative estimate of drug-likeness (QED) is 0.643. The molecule has 1 heterocycles. The summed E-state index contributed by atoms with van der Waals surface area (Å²) in [6.07, 6.45) is 4.45. The van der Waals surface area contributed by atoms with E-state index in [-0.39, 0.29) is 23.0 Å². The summed E-state index contributed by atoms with van der Waals surface area (Å²) in [7, 11) is 0. The van der Waals surface area contributed by atoms with Crippen LogP contribution in [0.5, 0.6) is 0 Å². The fraction of sp³-hybridized carbons (Fsp3) is 0.273. The first-order chi connectivity index (χ1) is 9.40. The van der Waals surface area contributed by atoms with E-state index in [2.05, 4.69) is 10.5 Å². The molecule has 0 bridgehead atoms. The van der Waals surface area contributed by atoms with Crippen molar-refractivity contribution in [3.05, 3.63) is 44.8 Å². The molecule has 8 nitrogen and oxygen atoms in total. The molecule has 20 heavy (non-hydrogen) atoms. The highest BCUT2D eigenvalue weighted by Gasteiger charge is 2.26. The van der Waals surface area contributed by atoms with Crippen molar-refractivity contribution in [2.24, 2.45) is 5.92 Å². The second kappa shape index (κ2) is 5.33. The van der Waals surface area contributed by atoms with E-state index < -0.39 is 16.7 Å². The zero-order valence-electron chi connectivity index (χ0n) is 10.5. The number of nitrogen functional groups attached to an aromatic ring is 1. The van der Waals surface area contributed by atoms with Gasteiger partial charge in [-0.15, -0.1) is 0 Å². The van der Waals surface area contributed by atoms with Crippen LogP contribution < -0.4 is 11.2 Å². The average Bonchev–Trinajstić information content (AvgIpc) is 2.66. The van der Waals surface area contributed by atoms with Crippen LogP contribution in [-0.4, -0.2) is 20.7 Å². The Morgan fingerprint density at radius 3 is 2.95 bits per heavy atom. The zero-order chi connectivity index (χ0) is 14.9. The molecule has 0 spiro atoms. The molecule has 0 aliphatic heterocycles. The summed E-state index contributed by atoms with van der Waals surface area (Å²) >= 11 is 5.86. The van der Waals surface area contributed by atoms with Gasteiger partial charge in [0, 0.05) is 6.08 Å². The van der Waals surface area contributed by atoms with Gasteiger partial charge in [0.05, 0.1) is 23.0 Å². The van der Waals surface area contributed by atoms with Crippen molar-refractivity contribution in [3.63, 3.8) is 0 Å². The third-order valence-electron chi connectivity index (χ3n) is 2.87. The number of nitrogens with two attached hydrogens (primary N) is 1. The number of anilines is 1. The van der Waals surface area contributed by atoms with E-state index in [1.165, 1.54) is 12.2 Å². The van der Waals surface area contributed by atoms with Crippen LogP contribution in [0, 0.1) is 23.0 Å². The molecule has 1 atom stereocenters. The van der Waals surface area contributed by atoms with Crippen LogP contribution in [0.15, 0.2) is 23.9 Å². The first-order valence-corrected chi connectivity index (χ1v) is 6.11. The van der Waals surface area contributed by atoms with Crippen LogP contribution >= 0.6 is 11.6 Å². The molecule has 0 saturated carbocycles. The van der Waals surface area contributed by atoms with Crippen molar-refractivity contribution in [3.8, 4) is 0 Å². The zero-order valence-corrected chi connectivity index (χ0v) is 11.3. The van der Waals surface area contributed by atoms with Gasteiger partial charge in [-0.25, -0.2) is 5.43 Å². The number of carbonyl (C=O) groups is 1. The molecule has 3 N–H and O–H groups in total. The van der Waals surface area contributed by atoms with Gasteiger partial charge in [-0.3, -0.25) is 14.9 Å². The second-order valence-corrected chi connectivity index (χ2v) is 4.66. The molecule has 0 radical (unpaired) electrons. The lowest BCUT2D eigenvalue weighted by Crippen LogP contribution is -2.31. The van der Waals surface area contributed by atoms with Gasteiger partial charge in [0.15, 0.2) is 5.82 Å². The van der Waals surface area contributed by atoms with E-state index in [1.54, 1.807) is 13.0 Å². The summed E-state index contributed by atoms with van der Waals surface area (Å²) in [6.45, 7) is 1.65. The molecule has 0 aromatic carbocycles. The molecule has 1 unspecified atom stereocenters. The number of nitrogens with zero attached hydrogens (tertiary/aromatic N) is 3. The molecule has 1 aliphatic carbocycles. The number of carbonyl (C=O) groups excluding carboxylic acids is 1. The van der Waals surface area contributed by atoms with Crippen LogP contribution in [0.4, 0.5) is 5.82 Å². The first kappa shape index (κ1) is 14.1. The van der Waals surface area contributed by atoms with Gasteiger partial charge >= 0.3 is 0 Å². The molecule has 9 heteroatoms. The normalized spacial score (nSPS) is 17.7. The number of aromatic nitrogens is 2. The number of nitrogens with one attached hydrogen (secondary N) is 1. The van der Waals surface area contributed by atoms with Crippen LogP contribution in [0.1, 0.15) is 12.1 Å². The predicted molar refractivity (Wildman–Crippen MR) is 73.1 cm³/mol. The van der Waals surface area contributed by atoms with Gasteiger partial charge < -0.3 is 5.73 Å². The summed E-state index contributed by atoms with van der Waals surface area (Å²) in [5.74, 6) is -0.981. The number of aryl methyl sites for hydroxylation is 1. The van der Waals surface area contributed by atoms with E-state index in [4.69, 9.17) is 17.3 Å². The maximum absolute atomic E-state index is 12.0. The number of hydrogen-bond donors (Lipinski definition) is 2. The second-order valence-electron chi connectivity index (χ2n) is 4.28. The molecule has 1 aromatic rings. The topological polar surface area (TPSA) is 116 Å². The maximum atomic E-state index is 12.0. The monoisotopic (exact) mass is 297 g/mol. The molecule has 2 rings (SSSR count). The van der Waals surface area contributed by atoms with Crippen molar-refractivity contribution in [2.75, 3.05) is 11.2 Å². The van der Waals surface area contributed by atoms with Crippen LogP contribution in [-0.2, 0) is 4.79 Å². The first-order valence-electron chi connectivity index (χ1n) is 5.73. The molecular formula is C11H12ClN5O3. The van der Waals surface area contributed by atoms with E-state index in [0.717, 1.165) is 4.79 Å². The van der Waals surface area contributed by atoms with Crippen molar-refractivity contribution in [2.45, 2.75) is 13.3 Å². The van der Waals surface area contributed by atoms with Crippen LogP contribution in [0.3, 0.4) is 0 Å². The Morgan fingerprint density at radius 2 is 2.40 bits per heavy atom. The third-order valence-corrected chi connectivity index (χ3v) is 3.34. The standard InChI is InChI=1S/C11H12ClN5O3/c1-6-9(12)10(13)16(14-6)15-11(18)7-3-2-4-8(5-7)17(19)20/h2-4,7H,5,13H2,1H3,(H,15,18). The fourth-order valence-corrected chi connectivity index (χ4v) is 1.89. The number of nitro groups is 1. The number of amides is 1. The number of rotatable bonds is 3. The van der Waals surface area contributed by atoms with Crippen molar-refractivity contribution in [1.82, 2.24) is 9.89 Å². The van der Waals surface area contributed by atoms with E-state index in [1.807, 2.05) is 0 Å². The number of allylic oxidation sites excluding steroid dienone is 3. The summed E-state index contributed by atoms with van der Waals surface area (Å²) < 4.78 is 0. The fourth-order valence-electron chi connectivity index (χ4n) is 1.78. The van der Waals surface area contributed by atoms with Crippen LogP contribution in [0.25, 0.3) is 0 Å². The smallest absolute Gasteiger partial charge is 0.247 e. The Kier molecular flexibility index (Phi) is 3.75. The largest absolute Gasteiger partial charge is 0.381 e. The molecule has 1 aliphatic rings. The van der Waals surface area contributed by atoms with Gasteiger partial charge in [0.2, 0.25) is 11.6 Å². The minimum Gasteiger partial charge on any atom is -0.381 e. The highest BCUT2D eigenvalue weighted by molar-refractivity contribution is 6.33. The van der Waals surface area contributed by atoms with Crippen molar-refractivity contribution in [1.29, 1.82) is 0 Å². The van der Waals surface area contributed by atoms with Crippen molar-refractivity contribution < 1.29 is 9.72 Å². The van der Waals surface area contributed by atoms with Gasteiger partial charge in [-0.05, 0) is 6.92 Å².